The molecule has 0 aromatic heterocycles. The van der Waals surface area contributed by atoms with Crippen molar-refractivity contribution < 1.29 is 17.6 Å². The second-order valence-corrected chi connectivity index (χ2v) is 7.79. The fraction of sp³-hybridized carbons (Fsp3) is 0.333. The van der Waals surface area contributed by atoms with Gasteiger partial charge in [-0.25, -0.2) is 17.6 Å². The highest BCUT2D eigenvalue weighted by Gasteiger charge is 2.25. The molecular weight excluding hydrogens is 360 g/mol. The number of allylic oxidation sites excluding steroid dienone is 2. The van der Waals surface area contributed by atoms with Gasteiger partial charge in [-0.15, -0.1) is 11.8 Å². The van der Waals surface area contributed by atoms with Gasteiger partial charge in [0.05, 0.1) is 0 Å². The molecule has 2 aromatic carbocycles. The van der Waals surface area contributed by atoms with Crippen molar-refractivity contribution in [3.63, 3.8) is 0 Å². The van der Waals surface area contributed by atoms with Crippen molar-refractivity contribution in [2.45, 2.75) is 43.4 Å². The summed E-state index contributed by atoms with van der Waals surface area (Å²) in [4.78, 5) is 0.309. The average Bonchev–Trinajstić information content (AvgIpc) is 2.64. The summed E-state index contributed by atoms with van der Waals surface area (Å²) in [5, 5.41) is 0. The molecule has 0 N–H and O–H groups in total. The van der Waals surface area contributed by atoms with Gasteiger partial charge in [-0.05, 0) is 48.3 Å². The summed E-state index contributed by atoms with van der Waals surface area (Å²) in [7, 11) is 0. The van der Waals surface area contributed by atoms with E-state index >= 15 is 0 Å². The number of rotatable bonds is 4. The molecule has 138 valence electrons. The lowest BCUT2D eigenvalue weighted by Crippen LogP contribution is -2.11. The molecule has 2 atom stereocenters. The fourth-order valence-electron chi connectivity index (χ4n) is 3.39. The summed E-state index contributed by atoms with van der Waals surface area (Å²) in [6, 6.07) is 6.39. The molecule has 5 heteroatoms. The number of halogens is 4. The lowest BCUT2D eigenvalue weighted by molar-refractivity contribution is 0.464. The Balaban J connectivity index is 1.84. The van der Waals surface area contributed by atoms with Gasteiger partial charge in [-0.2, -0.15) is 0 Å². The van der Waals surface area contributed by atoms with E-state index in [-0.39, 0.29) is 17.4 Å². The molecule has 0 fully saturated rings. The van der Waals surface area contributed by atoms with Crippen LogP contribution < -0.4 is 0 Å². The molecule has 0 aliphatic heterocycles. The van der Waals surface area contributed by atoms with Gasteiger partial charge in [0.1, 0.15) is 0 Å². The van der Waals surface area contributed by atoms with E-state index < -0.39 is 23.3 Å². The van der Waals surface area contributed by atoms with Crippen molar-refractivity contribution in [2.75, 3.05) is 5.75 Å². The monoisotopic (exact) mass is 380 g/mol. The molecule has 3 rings (SSSR count). The minimum atomic E-state index is -0.824. The molecule has 2 aromatic rings. The third kappa shape index (κ3) is 3.54. The lowest BCUT2D eigenvalue weighted by Gasteiger charge is -2.24. The average molecular weight is 380 g/mol. The first-order valence-corrected chi connectivity index (χ1v) is 9.66. The third-order valence-corrected chi connectivity index (χ3v) is 5.76. The van der Waals surface area contributed by atoms with Gasteiger partial charge in [-0.1, -0.05) is 37.3 Å². The Kier molecular flexibility index (Phi) is 5.76. The topological polar surface area (TPSA) is 0 Å². The molecule has 1 aliphatic carbocycles. The van der Waals surface area contributed by atoms with Crippen LogP contribution in [0.5, 0.6) is 0 Å². The molecule has 0 radical (unpaired) electrons. The molecule has 0 saturated carbocycles. The number of hydrogen-bond acceptors (Lipinski definition) is 1. The standard InChI is InChI=1S/C21H20F4S/c1-3-26-17-11-10-16(20(24)21(17)25)14-7-5-13(6-8-14)15-9-4-12(2)18(22)19(15)23/h4-5,7,9-11,13-14H,3,6,8H2,1-2H3. The second kappa shape index (κ2) is 7.87. The summed E-state index contributed by atoms with van der Waals surface area (Å²) >= 11 is 1.26. The Labute approximate surface area is 155 Å². The molecule has 0 saturated heterocycles. The van der Waals surface area contributed by atoms with Crippen molar-refractivity contribution in [3.05, 3.63) is 76.4 Å². The molecule has 0 heterocycles. The largest absolute Gasteiger partial charge is 0.203 e. The van der Waals surface area contributed by atoms with E-state index in [0.29, 0.717) is 34.6 Å². The predicted octanol–water partition coefficient (Wildman–Crippen LogP) is 6.88. The van der Waals surface area contributed by atoms with Crippen LogP contribution in [0.4, 0.5) is 17.6 Å². The number of hydrogen-bond donors (Lipinski definition) is 0. The molecule has 2 unspecified atom stereocenters. The fourth-order valence-corrected chi connectivity index (χ4v) is 4.08. The van der Waals surface area contributed by atoms with Gasteiger partial charge in [-0.3, -0.25) is 0 Å². The van der Waals surface area contributed by atoms with Gasteiger partial charge >= 0.3 is 0 Å². The smallest absolute Gasteiger partial charge is 0.172 e. The highest BCUT2D eigenvalue weighted by molar-refractivity contribution is 7.99. The van der Waals surface area contributed by atoms with Gasteiger partial charge in [0.15, 0.2) is 23.3 Å². The van der Waals surface area contributed by atoms with Gasteiger partial charge < -0.3 is 0 Å². The quantitative estimate of drug-likeness (QED) is 0.316. The molecule has 1 aliphatic rings. The van der Waals surface area contributed by atoms with Crippen LogP contribution in [0.25, 0.3) is 0 Å². The molecule has 0 amide bonds. The Hall–Kier alpha value is -1.75. The maximum absolute atomic E-state index is 14.4. The van der Waals surface area contributed by atoms with E-state index in [1.807, 2.05) is 6.92 Å². The van der Waals surface area contributed by atoms with E-state index in [0.717, 1.165) is 0 Å². The molecule has 0 spiro atoms. The maximum Gasteiger partial charge on any atom is 0.172 e. The summed E-state index contributed by atoms with van der Waals surface area (Å²) in [6.07, 6.45) is 4.64. The van der Waals surface area contributed by atoms with Crippen LogP contribution in [0.1, 0.15) is 48.3 Å². The van der Waals surface area contributed by atoms with Crippen molar-refractivity contribution in [1.82, 2.24) is 0 Å². The predicted molar refractivity (Wildman–Crippen MR) is 97.7 cm³/mol. The van der Waals surface area contributed by atoms with Crippen LogP contribution in [-0.2, 0) is 0 Å². The Bertz CT molecular complexity index is 844. The van der Waals surface area contributed by atoms with Gasteiger partial charge in [0.2, 0.25) is 0 Å². The van der Waals surface area contributed by atoms with Crippen LogP contribution in [0.2, 0.25) is 0 Å². The summed E-state index contributed by atoms with van der Waals surface area (Å²) < 4.78 is 56.6. The van der Waals surface area contributed by atoms with Crippen LogP contribution >= 0.6 is 11.8 Å². The van der Waals surface area contributed by atoms with Crippen LogP contribution in [0.15, 0.2) is 41.3 Å². The molecular formula is C21H20F4S. The highest BCUT2D eigenvalue weighted by Crippen LogP contribution is 2.39. The van der Waals surface area contributed by atoms with E-state index in [9.17, 15) is 17.6 Å². The first kappa shape index (κ1) is 19.0. The number of aryl methyl sites for hydroxylation is 1. The molecule has 26 heavy (non-hydrogen) atoms. The Morgan fingerprint density at radius 2 is 1.35 bits per heavy atom. The number of thioether (sulfide) groups is 1. The van der Waals surface area contributed by atoms with Gasteiger partial charge in [0, 0.05) is 16.7 Å². The first-order valence-electron chi connectivity index (χ1n) is 8.67. The van der Waals surface area contributed by atoms with Crippen LogP contribution in [0, 0.1) is 30.2 Å². The summed E-state index contributed by atoms with van der Waals surface area (Å²) in [6.45, 7) is 3.40. The molecule has 0 bridgehead atoms. The van der Waals surface area contributed by atoms with Crippen molar-refractivity contribution in [1.29, 1.82) is 0 Å². The zero-order chi connectivity index (χ0) is 18.8. The number of benzene rings is 2. The van der Waals surface area contributed by atoms with Crippen molar-refractivity contribution in [3.8, 4) is 0 Å². The van der Waals surface area contributed by atoms with E-state index in [1.165, 1.54) is 18.7 Å². The lowest BCUT2D eigenvalue weighted by atomic mass is 9.81. The van der Waals surface area contributed by atoms with E-state index in [1.54, 1.807) is 36.4 Å². The summed E-state index contributed by atoms with van der Waals surface area (Å²) in [5.41, 5.74) is 0.892. The highest BCUT2D eigenvalue weighted by atomic mass is 32.2. The first-order chi connectivity index (χ1) is 12.4. The third-order valence-electron chi connectivity index (χ3n) is 4.85. The normalized spacial score (nSPS) is 19.8. The zero-order valence-corrected chi connectivity index (χ0v) is 15.5. The van der Waals surface area contributed by atoms with Crippen LogP contribution in [0.3, 0.4) is 0 Å². The summed E-state index contributed by atoms with van der Waals surface area (Å²) in [5.74, 6) is -3.13. The van der Waals surface area contributed by atoms with Gasteiger partial charge in [0.25, 0.3) is 0 Å². The maximum atomic E-state index is 14.4. The minimum absolute atomic E-state index is 0.260. The van der Waals surface area contributed by atoms with Crippen molar-refractivity contribution >= 4 is 11.8 Å². The van der Waals surface area contributed by atoms with E-state index in [4.69, 9.17) is 0 Å². The van der Waals surface area contributed by atoms with Crippen molar-refractivity contribution in [2.24, 2.45) is 0 Å². The Morgan fingerprint density at radius 1 is 0.808 bits per heavy atom. The SMILES string of the molecule is CCSc1ccc(C2C=CC(c3ccc(C)c(F)c3F)CC2)c(F)c1F. The zero-order valence-electron chi connectivity index (χ0n) is 14.7. The Morgan fingerprint density at radius 3 is 1.88 bits per heavy atom. The minimum Gasteiger partial charge on any atom is -0.203 e. The van der Waals surface area contributed by atoms with E-state index in [2.05, 4.69) is 0 Å². The second-order valence-electron chi connectivity index (χ2n) is 6.49. The molecule has 0 nitrogen and oxygen atoms in total. The van der Waals surface area contributed by atoms with Crippen LogP contribution in [-0.4, -0.2) is 5.75 Å².